The number of rotatable bonds is 10. The predicted molar refractivity (Wildman–Crippen MR) is 137 cm³/mol. The number of benzene rings is 1. The van der Waals surface area contributed by atoms with Crippen molar-refractivity contribution in [2.75, 3.05) is 86.3 Å². The fraction of sp³-hybridized carbons (Fsp3) is 0.696. The van der Waals surface area contributed by atoms with Gasteiger partial charge in [0.2, 0.25) is 15.9 Å². The summed E-state index contributed by atoms with van der Waals surface area (Å²) in [6, 6.07) is 2.45. The second-order valence-electron chi connectivity index (χ2n) is 9.27. The lowest BCUT2D eigenvalue weighted by atomic mass is 10.2. The van der Waals surface area contributed by atoms with Crippen molar-refractivity contribution < 1.29 is 22.7 Å². The third kappa shape index (κ3) is 7.75. The maximum atomic E-state index is 13.4. The van der Waals surface area contributed by atoms with Gasteiger partial charge in [-0.1, -0.05) is 23.2 Å². The summed E-state index contributed by atoms with van der Waals surface area (Å²) < 4.78 is 39.5. The number of hydrogen-bond acceptors (Lipinski definition) is 7. The van der Waals surface area contributed by atoms with Crippen LogP contribution in [0.3, 0.4) is 0 Å². The predicted octanol–water partition coefficient (Wildman–Crippen LogP) is 1.80. The van der Waals surface area contributed by atoms with E-state index in [9.17, 15) is 13.2 Å². The lowest BCUT2D eigenvalue weighted by Gasteiger charge is -2.36. The van der Waals surface area contributed by atoms with Gasteiger partial charge in [0.05, 0.1) is 30.9 Å². The number of halogens is 2. The molecule has 1 aromatic carbocycles. The van der Waals surface area contributed by atoms with Crippen LogP contribution in [0.2, 0.25) is 10.0 Å². The Morgan fingerprint density at radius 2 is 1.89 bits per heavy atom. The molecular formula is C23H36Cl2N4O5S. The molecule has 2 aliphatic heterocycles. The fourth-order valence-electron chi connectivity index (χ4n) is 4.43. The standard InChI is InChI=1S/C23H36Cl2N4O5S/c1-18-13-19(24)14-21(25)23(18)35(31,32)29-11-12-33-15-20(29)16-34-17-22(30)28-9-7-27(8-10-28)6-4-5-26(2)3/h13-14,20H,4-12,15-17H2,1-3H3/t20-/m0/s1. The van der Waals surface area contributed by atoms with Crippen molar-refractivity contribution in [2.45, 2.75) is 24.3 Å². The molecule has 0 unspecified atom stereocenters. The molecule has 0 aromatic heterocycles. The van der Waals surface area contributed by atoms with Crippen LogP contribution >= 0.6 is 23.2 Å². The van der Waals surface area contributed by atoms with Gasteiger partial charge in [-0.05, 0) is 58.2 Å². The summed E-state index contributed by atoms with van der Waals surface area (Å²) in [5.41, 5.74) is 0.477. The van der Waals surface area contributed by atoms with Crippen LogP contribution in [0.25, 0.3) is 0 Å². The highest BCUT2D eigenvalue weighted by Gasteiger charge is 2.36. The van der Waals surface area contributed by atoms with Crippen molar-refractivity contribution in [3.63, 3.8) is 0 Å². The highest BCUT2D eigenvalue weighted by atomic mass is 35.5. The summed E-state index contributed by atoms with van der Waals surface area (Å²) in [7, 11) is 0.235. The first-order valence-corrected chi connectivity index (χ1v) is 14.1. The van der Waals surface area contributed by atoms with Crippen LogP contribution in [0.15, 0.2) is 17.0 Å². The maximum Gasteiger partial charge on any atom is 0.248 e. The van der Waals surface area contributed by atoms with E-state index >= 15 is 0 Å². The minimum Gasteiger partial charge on any atom is -0.378 e. The number of amides is 1. The number of carbonyl (C=O) groups excluding carboxylic acids is 1. The largest absolute Gasteiger partial charge is 0.378 e. The van der Waals surface area contributed by atoms with E-state index in [2.05, 4.69) is 23.9 Å². The Labute approximate surface area is 218 Å². The minimum absolute atomic E-state index is 0.0370. The van der Waals surface area contributed by atoms with Gasteiger partial charge in [0.1, 0.15) is 11.5 Å². The molecule has 0 spiro atoms. The summed E-state index contributed by atoms with van der Waals surface area (Å²) >= 11 is 12.3. The van der Waals surface area contributed by atoms with Crippen LogP contribution in [0.4, 0.5) is 0 Å². The number of ether oxygens (including phenoxy) is 2. The van der Waals surface area contributed by atoms with Crippen molar-refractivity contribution in [3.05, 3.63) is 27.7 Å². The number of sulfonamides is 1. The lowest BCUT2D eigenvalue weighted by Crippen LogP contribution is -2.52. The van der Waals surface area contributed by atoms with Crippen LogP contribution in [-0.4, -0.2) is 126 Å². The second-order valence-corrected chi connectivity index (χ2v) is 11.9. The van der Waals surface area contributed by atoms with Gasteiger partial charge in [-0.2, -0.15) is 4.31 Å². The van der Waals surface area contributed by atoms with Crippen molar-refractivity contribution in [1.29, 1.82) is 0 Å². The van der Waals surface area contributed by atoms with Gasteiger partial charge < -0.3 is 19.3 Å². The molecule has 0 bridgehead atoms. The number of piperazine rings is 1. The van der Waals surface area contributed by atoms with E-state index in [1.54, 1.807) is 13.0 Å². The zero-order valence-corrected chi connectivity index (χ0v) is 23.0. The highest BCUT2D eigenvalue weighted by molar-refractivity contribution is 7.89. The highest BCUT2D eigenvalue weighted by Crippen LogP contribution is 2.32. The first-order valence-electron chi connectivity index (χ1n) is 11.9. The zero-order chi connectivity index (χ0) is 25.6. The monoisotopic (exact) mass is 550 g/mol. The fourth-order valence-corrected chi connectivity index (χ4v) is 7.15. The van der Waals surface area contributed by atoms with Crippen molar-refractivity contribution >= 4 is 39.1 Å². The van der Waals surface area contributed by atoms with Gasteiger partial charge >= 0.3 is 0 Å². The Bertz CT molecular complexity index is 948. The molecule has 3 rings (SSSR count). The molecule has 1 atom stereocenters. The molecule has 0 saturated carbocycles. The van der Waals surface area contributed by atoms with Crippen LogP contribution in [0, 0.1) is 6.92 Å². The average molecular weight is 552 g/mol. The van der Waals surface area contributed by atoms with E-state index in [0.717, 1.165) is 32.6 Å². The smallest absolute Gasteiger partial charge is 0.248 e. The first kappa shape index (κ1) is 28.6. The Kier molecular flexibility index (Phi) is 10.6. The number of morpholine rings is 1. The van der Waals surface area contributed by atoms with Gasteiger partial charge in [0.15, 0.2) is 0 Å². The molecule has 12 heteroatoms. The van der Waals surface area contributed by atoms with Crippen LogP contribution in [0.1, 0.15) is 12.0 Å². The van der Waals surface area contributed by atoms with Gasteiger partial charge in [-0.15, -0.1) is 0 Å². The van der Waals surface area contributed by atoms with E-state index < -0.39 is 16.1 Å². The molecule has 2 heterocycles. The van der Waals surface area contributed by atoms with Crippen LogP contribution in [-0.2, 0) is 24.3 Å². The molecule has 2 fully saturated rings. The molecule has 198 valence electrons. The quantitative estimate of drug-likeness (QED) is 0.439. The number of carbonyl (C=O) groups is 1. The Hall–Kier alpha value is -0.980. The molecule has 9 nitrogen and oxygen atoms in total. The number of hydrogen-bond donors (Lipinski definition) is 0. The van der Waals surface area contributed by atoms with Crippen molar-refractivity contribution in [2.24, 2.45) is 0 Å². The van der Waals surface area contributed by atoms with Crippen molar-refractivity contribution in [3.8, 4) is 0 Å². The molecule has 1 aromatic rings. The summed E-state index contributed by atoms with van der Waals surface area (Å²) in [4.78, 5) is 19.0. The first-order chi connectivity index (χ1) is 16.6. The third-order valence-corrected chi connectivity index (χ3v) is 9.06. The maximum absolute atomic E-state index is 13.4. The number of nitrogens with zero attached hydrogens (tertiary/aromatic N) is 4. The lowest BCUT2D eigenvalue weighted by molar-refractivity contribution is -0.138. The summed E-state index contributed by atoms with van der Waals surface area (Å²) in [6.45, 7) is 7.39. The third-order valence-electron chi connectivity index (χ3n) is 6.27. The molecule has 0 radical (unpaired) electrons. The SMILES string of the molecule is Cc1cc(Cl)cc(Cl)c1S(=O)(=O)N1CCOC[C@H]1COCC(=O)N1CCN(CCCN(C)C)CC1. The Morgan fingerprint density at radius 3 is 2.54 bits per heavy atom. The topological polar surface area (TPSA) is 82.6 Å². The van der Waals surface area contributed by atoms with E-state index in [0.29, 0.717) is 23.7 Å². The van der Waals surface area contributed by atoms with E-state index in [1.807, 2.05) is 4.90 Å². The molecule has 2 aliphatic rings. The molecule has 1 amide bonds. The zero-order valence-electron chi connectivity index (χ0n) is 20.7. The molecule has 0 aliphatic carbocycles. The molecular weight excluding hydrogens is 515 g/mol. The normalized spacial score (nSPS) is 20.5. The molecule has 35 heavy (non-hydrogen) atoms. The number of aryl methyl sites for hydroxylation is 1. The Morgan fingerprint density at radius 1 is 1.17 bits per heavy atom. The van der Waals surface area contributed by atoms with Crippen LogP contribution in [0.5, 0.6) is 0 Å². The minimum atomic E-state index is -3.90. The van der Waals surface area contributed by atoms with Gasteiger partial charge in [0, 0.05) is 37.7 Å². The van der Waals surface area contributed by atoms with Gasteiger partial charge in [-0.25, -0.2) is 8.42 Å². The molecule has 2 saturated heterocycles. The van der Waals surface area contributed by atoms with E-state index in [-0.39, 0.29) is 48.8 Å². The summed E-state index contributed by atoms with van der Waals surface area (Å²) in [5, 5.41) is 0.457. The van der Waals surface area contributed by atoms with Crippen LogP contribution < -0.4 is 0 Å². The Balaban J connectivity index is 1.51. The van der Waals surface area contributed by atoms with Gasteiger partial charge in [-0.3, -0.25) is 9.69 Å². The van der Waals surface area contributed by atoms with E-state index in [1.165, 1.54) is 10.4 Å². The van der Waals surface area contributed by atoms with Crippen molar-refractivity contribution in [1.82, 2.24) is 19.0 Å². The molecule has 0 N–H and O–H groups in total. The van der Waals surface area contributed by atoms with E-state index in [4.69, 9.17) is 32.7 Å². The summed E-state index contributed by atoms with van der Waals surface area (Å²) in [5.74, 6) is -0.0827. The average Bonchev–Trinajstić information content (AvgIpc) is 2.78. The summed E-state index contributed by atoms with van der Waals surface area (Å²) in [6.07, 6.45) is 1.10. The second kappa shape index (κ2) is 13.0. The van der Waals surface area contributed by atoms with Gasteiger partial charge in [0.25, 0.3) is 0 Å².